The number of carbonyl (C=O) groups is 1. The normalized spacial score (nSPS) is 11.2. The van der Waals surface area contributed by atoms with Crippen LogP contribution in [0.5, 0.6) is 0 Å². The molecule has 7 heteroatoms. The van der Waals surface area contributed by atoms with Gasteiger partial charge in [0.2, 0.25) is 5.91 Å². The van der Waals surface area contributed by atoms with Gasteiger partial charge in [0, 0.05) is 23.6 Å². The van der Waals surface area contributed by atoms with Crippen molar-refractivity contribution in [1.82, 2.24) is 25.1 Å². The van der Waals surface area contributed by atoms with Crippen LogP contribution in [0.15, 0.2) is 53.8 Å². The Labute approximate surface area is 180 Å². The van der Waals surface area contributed by atoms with E-state index in [4.69, 9.17) is 0 Å². The minimum absolute atomic E-state index is 0.00647. The molecule has 0 saturated carbocycles. The number of rotatable bonds is 7. The molecule has 30 heavy (non-hydrogen) atoms. The number of hydrogen-bond acceptors (Lipinski definition) is 4. The van der Waals surface area contributed by atoms with Crippen molar-refractivity contribution in [2.45, 2.75) is 32.3 Å². The number of nitrogens with zero attached hydrogens (tertiary/aromatic N) is 3. The van der Waals surface area contributed by atoms with Gasteiger partial charge in [0.1, 0.15) is 5.82 Å². The van der Waals surface area contributed by atoms with Crippen LogP contribution in [-0.2, 0) is 11.2 Å². The van der Waals surface area contributed by atoms with Crippen LogP contribution in [0.1, 0.15) is 22.5 Å². The monoisotopic (exact) mass is 419 g/mol. The maximum absolute atomic E-state index is 12.4. The van der Waals surface area contributed by atoms with Gasteiger partial charge in [-0.05, 0) is 56.0 Å². The molecule has 0 unspecified atom stereocenters. The smallest absolute Gasteiger partial charge is 0.230 e. The molecule has 0 saturated heterocycles. The molecule has 154 valence electrons. The third-order valence-corrected chi connectivity index (χ3v) is 6.05. The van der Waals surface area contributed by atoms with Gasteiger partial charge < -0.3 is 10.3 Å². The second-order valence-corrected chi connectivity index (χ2v) is 8.35. The second kappa shape index (κ2) is 8.75. The number of benzene rings is 2. The molecule has 0 bridgehead atoms. The van der Waals surface area contributed by atoms with Crippen molar-refractivity contribution in [2.24, 2.45) is 0 Å². The second-order valence-electron chi connectivity index (χ2n) is 7.40. The van der Waals surface area contributed by atoms with E-state index in [1.807, 2.05) is 29.8 Å². The predicted octanol–water partition coefficient (Wildman–Crippen LogP) is 4.12. The molecule has 0 spiro atoms. The first kappa shape index (κ1) is 20.2. The molecule has 2 aromatic heterocycles. The molecule has 0 aliphatic heterocycles. The topological polar surface area (TPSA) is 75.6 Å². The summed E-state index contributed by atoms with van der Waals surface area (Å²) in [4.78, 5) is 15.7. The largest absolute Gasteiger partial charge is 0.361 e. The van der Waals surface area contributed by atoms with Gasteiger partial charge in [0.05, 0.1) is 11.4 Å². The molecule has 6 nitrogen and oxygen atoms in total. The Kier molecular flexibility index (Phi) is 5.90. The van der Waals surface area contributed by atoms with Gasteiger partial charge in [-0.2, -0.15) is 0 Å². The first-order valence-electron chi connectivity index (χ1n) is 9.97. The van der Waals surface area contributed by atoms with E-state index in [9.17, 15) is 4.79 Å². The molecule has 2 N–H and O–H groups in total. The first-order chi connectivity index (χ1) is 14.5. The van der Waals surface area contributed by atoms with Crippen molar-refractivity contribution in [3.8, 4) is 5.69 Å². The summed E-state index contributed by atoms with van der Waals surface area (Å²) in [5.41, 5.74) is 5.71. The Balaban J connectivity index is 1.36. The number of carbonyl (C=O) groups excluding carboxylic acids is 1. The highest BCUT2D eigenvalue weighted by molar-refractivity contribution is 7.99. The molecular formula is C23H25N5OS. The third kappa shape index (κ3) is 4.26. The average molecular weight is 420 g/mol. The summed E-state index contributed by atoms with van der Waals surface area (Å²) >= 11 is 1.41. The number of H-pyrrole nitrogens is 1. The number of fused-ring (bicyclic) bond motifs is 1. The predicted molar refractivity (Wildman–Crippen MR) is 121 cm³/mol. The van der Waals surface area contributed by atoms with Crippen LogP contribution < -0.4 is 5.32 Å². The lowest BCUT2D eigenvalue weighted by molar-refractivity contribution is -0.118. The summed E-state index contributed by atoms with van der Waals surface area (Å²) in [5.74, 6) is 1.11. The first-order valence-corrected chi connectivity index (χ1v) is 11.0. The van der Waals surface area contributed by atoms with E-state index in [2.05, 4.69) is 64.7 Å². The molecule has 0 fully saturated rings. The maximum atomic E-state index is 12.4. The summed E-state index contributed by atoms with van der Waals surface area (Å²) < 4.78 is 2.02. The van der Waals surface area contributed by atoms with Crippen LogP contribution in [0.4, 0.5) is 0 Å². The molecule has 0 aliphatic rings. The molecule has 0 radical (unpaired) electrons. The van der Waals surface area contributed by atoms with Crippen LogP contribution in [0.3, 0.4) is 0 Å². The van der Waals surface area contributed by atoms with E-state index in [-0.39, 0.29) is 5.91 Å². The number of thioether (sulfide) groups is 1. The van der Waals surface area contributed by atoms with Crippen molar-refractivity contribution < 1.29 is 4.79 Å². The third-order valence-electron chi connectivity index (χ3n) is 5.12. The van der Waals surface area contributed by atoms with Gasteiger partial charge in [-0.15, -0.1) is 10.2 Å². The number of para-hydroxylation sites is 1. The lowest BCUT2D eigenvalue weighted by atomic mass is 10.1. The minimum atomic E-state index is -0.00647. The van der Waals surface area contributed by atoms with Crippen molar-refractivity contribution in [2.75, 3.05) is 12.3 Å². The van der Waals surface area contributed by atoms with Gasteiger partial charge in [-0.1, -0.05) is 42.1 Å². The van der Waals surface area contributed by atoms with Crippen molar-refractivity contribution in [1.29, 1.82) is 0 Å². The van der Waals surface area contributed by atoms with E-state index < -0.39 is 0 Å². The molecule has 2 aromatic carbocycles. The number of aryl methyl sites for hydroxylation is 3. The highest BCUT2D eigenvalue weighted by Crippen LogP contribution is 2.25. The fourth-order valence-corrected chi connectivity index (χ4v) is 4.35. The summed E-state index contributed by atoms with van der Waals surface area (Å²) in [6, 6.07) is 14.5. The Morgan fingerprint density at radius 1 is 1.13 bits per heavy atom. The summed E-state index contributed by atoms with van der Waals surface area (Å²) in [6.07, 6.45) is 2.80. The minimum Gasteiger partial charge on any atom is -0.361 e. The standard InChI is InChI=1S/C23H25N5OS/c1-15-8-9-16(2)21(12-15)28-17(3)26-27-23(28)30-14-22(29)24-11-10-18-13-25-20-7-5-4-6-19(18)20/h4-9,12-13,25H,10-11,14H2,1-3H3,(H,24,29). The number of nitrogens with one attached hydrogen (secondary N) is 2. The SMILES string of the molecule is Cc1ccc(C)c(-n2c(C)nnc2SCC(=O)NCCc2c[nH]c3ccccc23)c1. The maximum Gasteiger partial charge on any atom is 0.230 e. The molecule has 1 amide bonds. The molecule has 4 aromatic rings. The lowest BCUT2D eigenvalue weighted by Crippen LogP contribution is -2.27. The van der Waals surface area contributed by atoms with Crippen molar-refractivity contribution >= 4 is 28.6 Å². The van der Waals surface area contributed by atoms with Gasteiger partial charge in [-0.25, -0.2) is 0 Å². The highest BCUT2D eigenvalue weighted by Gasteiger charge is 2.15. The van der Waals surface area contributed by atoms with Gasteiger partial charge in [0.15, 0.2) is 5.16 Å². The Morgan fingerprint density at radius 2 is 1.97 bits per heavy atom. The number of aromatic nitrogens is 4. The zero-order chi connectivity index (χ0) is 21.1. The quantitative estimate of drug-likeness (QED) is 0.442. The molecule has 4 rings (SSSR count). The van der Waals surface area contributed by atoms with Crippen LogP contribution in [-0.4, -0.2) is 38.0 Å². The number of amides is 1. The summed E-state index contributed by atoms with van der Waals surface area (Å²) in [5, 5.41) is 13.5. The van der Waals surface area contributed by atoms with Gasteiger partial charge in [-0.3, -0.25) is 9.36 Å². The van der Waals surface area contributed by atoms with Crippen LogP contribution in [0.25, 0.3) is 16.6 Å². The van der Waals surface area contributed by atoms with Crippen molar-refractivity contribution in [3.05, 3.63) is 71.2 Å². The zero-order valence-corrected chi connectivity index (χ0v) is 18.2. The average Bonchev–Trinajstić information content (AvgIpc) is 3.32. The molecule has 2 heterocycles. The van der Waals surface area contributed by atoms with Gasteiger partial charge >= 0.3 is 0 Å². The van der Waals surface area contributed by atoms with E-state index in [1.165, 1.54) is 28.3 Å². The Bertz CT molecular complexity index is 1190. The Hall–Kier alpha value is -3.06. The fraction of sp³-hybridized carbons (Fsp3) is 0.261. The van der Waals surface area contributed by atoms with Crippen LogP contribution >= 0.6 is 11.8 Å². The van der Waals surface area contributed by atoms with Crippen LogP contribution in [0.2, 0.25) is 0 Å². The molecule has 0 aliphatic carbocycles. The van der Waals surface area contributed by atoms with E-state index in [0.29, 0.717) is 12.3 Å². The van der Waals surface area contributed by atoms with E-state index in [0.717, 1.165) is 34.2 Å². The van der Waals surface area contributed by atoms with E-state index in [1.54, 1.807) is 0 Å². The summed E-state index contributed by atoms with van der Waals surface area (Å²) in [7, 11) is 0. The number of aromatic amines is 1. The lowest BCUT2D eigenvalue weighted by Gasteiger charge is -2.12. The fourth-order valence-electron chi connectivity index (χ4n) is 3.53. The van der Waals surface area contributed by atoms with Crippen LogP contribution in [0, 0.1) is 20.8 Å². The molecular weight excluding hydrogens is 394 g/mol. The summed E-state index contributed by atoms with van der Waals surface area (Å²) in [6.45, 7) is 6.67. The molecule has 0 atom stereocenters. The zero-order valence-electron chi connectivity index (χ0n) is 17.4. The van der Waals surface area contributed by atoms with E-state index >= 15 is 0 Å². The number of hydrogen-bond donors (Lipinski definition) is 2. The van der Waals surface area contributed by atoms with Crippen molar-refractivity contribution in [3.63, 3.8) is 0 Å². The Morgan fingerprint density at radius 3 is 2.83 bits per heavy atom. The highest BCUT2D eigenvalue weighted by atomic mass is 32.2. The van der Waals surface area contributed by atoms with Gasteiger partial charge in [0.25, 0.3) is 0 Å².